The third-order valence-electron chi connectivity index (χ3n) is 2.92. The van der Waals surface area contributed by atoms with Gasteiger partial charge in [-0.05, 0) is 29.8 Å². The first-order valence-electron chi connectivity index (χ1n) is 6.12. The van der Waals surface area contributed by atoms with Crippen molar-refractivity contribution in [3.8, 4) is 5.75 Å². The molecule has 3 rings (SSSR count). The number of ether oxygens (including phenoxy) is 1. The molecule has 102 valence electrons. The minimum absolute atomic E-state index is 0.0654. The van der Waals surface area contributed by atoms with Crippen LogP contribution < -0.4 is 15.4 Å². The SMILES string of the molecule is O=C1COc2ccc(CNc3cccnc3Cl)cc2N1. The highest BCUT2D eigenvalue weighted by Gasteiger charge is 2.15. The summed E-state index contributed by atoms with van der Waals surface area (Å²) >= 11 is 5.97. The van der Waals surface area contributed by atoms with Gasteiger partial charge in [0.25, 0.3) is 5.91 Å². The lowest BCUT2D eigenvalue weighted by Crippen LogP contribution is -2.25. The Kier molecular flexibility index (Phi) is 3.43. The summed E-state index contributed by atoms with van der Waals surface area (Å²) in [4.78, 5) is 15.3. The summed E-state index contributed by atoms with van der Waals surface area (Å²) in [5.74, 6) is 0.547. The number of rotatable bonds is 3. The minimum atomic E-state index is -0.141. The Morgan fingerprint density at radius 3 is 3.15 bits per heavy atom. The zero-order valence-electron chi connectivity index (χ0n) is 10.5. The smallest absolute Gasteiger partial charge is 0.262 e. The Morgan fingerprint density at radius 1 is 1.40 bits per heavy atom. The summed E-state index contributed by atoms with van der Waals surface area (Å²) in [6, 6.07) is 9.33. The first kappa shape index (κ1) is 12.7. The highest BCUT2D eigenvalue weighted by molar-refractivity contribution is 6.31. The lowest BCUT2D eigenvalue weighted by Gasteiger charge is -2.18. The lowest BCUT2D eigenvalue weighted by atomic mass is 10.1. The topological polar surface area (TPSA) is 63.2 Å². The first-order chi connectivity index (χ1) is 9.72. The van der Waals surface area contributed by atoms with E-state index in [0.717, 1.165) is 11.3 Å². The van der Waals surface area contributed by atoms with Crippen LogP contribution in [0.3, 0.4) is 0 Å². The van der Waals surface area contributed by atoms with E-state index in [-0.39, 0.29) is 12.5 Å². The number of nitrogens with one attached hydrogen (secondary N) is 2. The molecule has 0 fully saturated rings. The van der Waals surface area contributed by atoms with Crippen molar-refractivity contribution in [3.63, 3.8) is 0 Å². The van der Waals surface area contributed by atoms with E-state index < -0.39 is 0 Å². The van der Waals surface area contributed by atoms with Gasteiger partial charge in [-0.3, -0.25) is 4.79 Å². The molecule has 5 nitrogen and oxygen atoms in total. The van der Waals surface area contributed by atoms with E-state index in [1.165, 1.54) is 0 Å². The Balaban J connectivity index is 1.74. The van der Waals surface area contributed by atoms with Gasteiger partial charge in [-0.25, -0.2) is 4.98 Å². The predicted molar refractivity (Wildman–Crippen MR) is 77.1 cm³/mol. The highest BCUT2D eigenvalue weighted by atomic mass is 35.5. The molecular formula is C14H12ClN3O2. The quantitative estimate of drug-likeness (QED) is 0.853. The molecule has 2 aromatic rings. The van der Waals surface area contributed by atoms with Gasteiger partial charge >= 0.3 is 0 Å². The lowest BCUT2D eigenvalue weighted by molar-refractivity contribution is -0.118. The van der Waals surface area contributed by atoms with Gasteiger partial charge in [0.1, 0.15) is 5.75 Å². The summed E-state index contributed by atoms with van der Waals surface area (Å²) in [6.07, 6.45) is 1.64. The molecule has 20 heavy (non-hydrogen) atoms. The van der Waals surface area contributed by atoms with Crippen LogP contribution in [0.2, 0.25) is 5.15 Å². The summed E-state index contributed by atoms with van der Waals surface area (Å²) in [6.45, 7) is 0.643. The zero-order chi connectivity index (χ0) is 13.9. The van der Waals surface area contributed by atoms with Crippen LogP contribution in [0.5, 0.6) is 5.75 Å². The average molecular weight is 290 g/mol. The second-order valence-electron chi connectivity index (χ2n) is 4.36. The van der Waals surface area contributed by atoms with Gasteiger partial charge in [0.15, 0.2) is 11.8 Å². The molecule has 0 radical (unpaired) electrons. The van der Waals surface area contributed by atoms with Gasteiger partial charge in [0.2, 0.25) is 0 Å². The molecule has 1 aliphatic heterocycles. The molecular weight excluding hydrogens is 278 g/mol. The van der Waals surface area contributed by atoms with E-state index in [4.69, 9.17) is 16.3 Å². The van der Waals surface area contributed by atoms with E-state index in [1.54, 1.807) is 6.20 Å². The van der Waals surface area contributed by atoms with Crippen LogP contribution in [0, 0.1) is 0 Å². The molecule has 1 amide bonds. The van der Waals surface area contributed by atoms with Gasteiger partial charge in [-0.15, -0.1) is 0 Å². The number of halogens is 1. The van der Waals surface area contributed by atoms with Crippen LogP contribution in [-0.4, -0.2) is 17.5 Å². The van der Waals surface area contributed by atoms with Crippen LogP contribution in [-0.2, 0) is 11.3 Å². The first-order valence-corrected chi connectivity index (χ1v) is 6.50. The minimum Gasteiger partial charge on any atom is -0.482 e. The molecule has 2 N–H and O–H groups in total. The van der Waals surface area contributed by atoms with Gasteiger partial charge in [0, 0.05) is 12.7 Å². The third kappa shape index (κ3) is 2.67. The fourth-order valence-electron chi connectivity index (χ4n) is 1.96. The maximum Gasteiger partial charge on any atom is 0.262 e. The molecule has 0 saturated heterocycles. The normalized spacial score (nSPS) is 13.2. The maximum atomic E-state index is 11.3. The van der Waals surface area contributed by atoms with Crippen LogP contribution in [0.25, 0.3) is 0 Å². The summed E-state index contributed by atoms with van der Waals surface area (Å²) in [5, 5.41) is 6.41. The monoisotopic (exact) mass is 289 g/mol. The molecule has 1 aromatic heterocycles. The molecule has 0 atom stereocenters. The number of carbonyl (C=O) groups excluding carboxylic acids is 1. The zero-order valence-corrected chi connectivity index (χ0v) is 11.3. The molecule has 0 aliphatic carbocycles. The van der Waals surface area contributed by atoms with Crippen molar-refractivity contribution in [2.75, 3.05) is 17.2 Å². The number of nitrogens with zero attached hydrogens (tertiary/aromatic N) is 1. The second-order valence-corrected chi connectivity index (χ2v) is 4.72. The number of amides is 1. The fraction of sp³-hybridized carbons (Fsp3) is 0.143. The summed E-state index contributed by atoms with van der Waals surface area (Å²) in [7, 11) is 0. The van der Waals surface area contributed by atoms with Crippen molar-refractivity contribution >= 4 is 28.9 Å². The number of pyridine rings is 1. The Labute approximate surface area is 120 Å². The van der Waals surface area contributed by atoms with Crippen molar-refractivity contribution in [2.45, 2.75) is 6.54 Å². The van der Waals surface area contributed by atoms with Gasteiger partial charge in [-0.1, -0.05) is 17.7 Å². The molecule has 0 saturated carbocycles. The van der Waals surface area contributed by atoms with E-state index in [0.29, 0.717) is 23.1 Å². The van der Waals surface area contributed by atoms with Crippen molar-refractivity contribution in [1.29, 1.82) is 0 Å². The number of anilines is 2. The van der Waals surface area contributed by atoms with Crippen molar-refractivity contribution in [1.82, 2.24) is 4.98 Å². The van der Waals surface area contributed by atoms with Crippen molar-refractivity contribution < 1.29 is 9.53 Å². The van der Waals surface area contributed by atoms with E-state index in [9.17, 15) is 4.79 Å². The standard InChI is InChI=1S/C14H12ClN3O2/c15-14-10(2-1-5-16-14)17-7-9-3-4-12-11(6-9)18-13(19)8-20-12/h1-6,17H,7-8H2,(H,18,19). The molecule has 0 spiro atoms. The van der Waals surface area contributed by atoms with Crippen molar-refractivity contribution in [3.05, 3.63) is 47.2 Å². The largest absolute Gasteiger partial charge is 0.482 e. The average Bonchev–Trinajstić information content (AvgIpc) is 2.46. The number of carbonyl (C=O) groups is 1. The number of fused-ring (bicyclic) bond motifs is 1. The number of aromatic nitrogens is 1. The van der Waals surface area contributed by atoms with Crippen molar-refractivity contribution in [2.24, 2.45) is 0 Å². The Morgan fingerprint density at radius 2 is 2.30 bits per heavy atom. The molecule has 1 aliphatic rings. The predicted octanol–water partition coefficient (Wildman–Crippen LogP) is 2.68. The van der Waals surface area contributed by atoms with Crippen LogP contribution >= 0.6 is 11.6 Å². The van der Waals surface area contributed by atoms with Crippen LogP contribution in [0.1, 0.15) is 5.56 Å². The van der Waals surface area contributed by atoms with E-state index >= 15 is 0 Å². The molecule has 6 heteroatoms. The highest BCUT2D eigenvalue weighted by Crippen LogP contribution is 2.29. The van der Waals surface area contributed by atoms with Crippen LogP contribution in [0.4, 0.5) is 11.4 Å². The molecule has 0 unspecified atom stereocenters. The third-order valence-corrected chi connectivity index (χ3v) is 3.22. The van der Waals surface area contributed by atoms with Crippen LogP contribution in [0.15, 0.2) is 36.5 Å². The number of benzene rings is 1. The Bertz CT molecular complexity index is 661. The maximum absolute atomic E-state index is 11.3. The molecule has 1 aromatic carbocycles. The molecule has 0 bridgehead atoms. The summed E-state index contributed by atoms with van der Waals surface area (Å²) < 4.78 is 5.31. The molecule has 2 heterocycles. The van der Waals surface area contributed by atoms with E-state index in [1.807, 2.05) is 30.3 Å². The summed E-state index contributed by atoms with van der Waals surface area (Å²) in [5.41, 5.74) is 2.47. The van der Waals surface area contributed by atoms with E-state index in [2.05, 4.69) is 15.6 Å². The second kappa shape index (κ2) is 5.38. The number of hydrogen-bond donors (Lipinski definition) is 2. The van der Waals surface area contributed by atoms with Gasteiger partial charge in [-0.2, -0.15) is 0 Å². The van der Waals surface area contributed by atoms with Gasteiger partial charge < -0.3 is 15.4 Å². The fourth-order valence-corrected chi connectivity index (χ4v) is 2.14. The Hall–Kier alpha value is -2.27. The number of hydrogen-bond acceptors (Lipinski definition) is 4. The van der Waals surface area contributed by atoms with Gasteiger partial charge in [0.05, 0.1) is 11.4 Å².